The second-order valence-corrected chi connectivity index (χ2v) is 8.59. The van der Waals surface area contributed by atoms with Gasteiger partial charge in [0.25, 0.3) is 5.91 Å². The summed E-state index contributed by atoms with van der Waals surface area (Å²) in [6, 6.07) is 17.4. The van der Waals surface area contributed by atoms with Gasteiger partial charge in [0.2, 0.25) is 0 Å². The van der Waals surface area contributed by atoms with E-state index in [-0.39, 0.29) is 11.7 Å². The van der Waals surface area contributed by atoms with E-state index in [9.17, 15) is 4.79 Å². The van der Waals surface area contributed by atoms with E-state index in [1.54, 1.807) is 23.4 Å². The van der Waals surface area contributed by atoms with E-state index in [0.717, 1.165) is 33.2 Å². The molecule has 0 N–H and O–H groups in total. The van der Waals surface area contributed by atoms with Gasteiger partial charge < -0.3 is 9.15 Å². The average Bonchev–Trinajstić information content (AvgIpc) is 3.48. The van der Waals surface area contributed by atoms with E-state index in [4.69, 9.17) is 14.1 Å². The highest BCUT2D eigenvalue weighted by atomic mass is 32.1. The number of thiazole rings is 1. The summed E-state index contributed by atoms with van der Waals surface area (Å²) in [4.78, 5) is 24.5. The third-order valence-corrected chi connectivity index (χ3v) is 6.47. The predicted octanol–water partition coefficient (Wildman–Crippen LogP) is 6.25. The van der Waals surface area contributed by atoms with Gasteiger partial charge in [-0.25, -0.2) is 4.98 Å². The Morgan fingerprint density at radius 1 is 1.12 bits per heavy atom. The Morgan fingerprint density at radius 2 is 2.00 bits per heavy atom. The van der Waals surface area contributed by atoms with E-state index in [2.05, 4.69) is 18.0 Å². The average molecular weight is 458 g/mol. The van der Waals surface area contributed by atoms with E-state index >= 15 is 0 Å². The van der Waals surface area contributed by atoms with Gasteiger partial charge in [0, 0.05) is 17.8 Å². The largest absolute Gasteiger partial charge is 0.490 e. The van der Waals surface area contributed by atoms with Crippen LogP contribution in [0.3, 0.4) is 0 Å². The quantitative estimate of drug-likeness (QED) is 0.289. The monoisotopic (exact) mass is 457 g/mol. The lowest BCUT2D eigenvalue weighted by Gasteiger charge is -2.18. The van der Waals surface area contributed by atoms with Gasteiger partial charge in [0.1, 0.15) is 0 Å². The van der Waals surface area contributed by atoms with Crippen molar-refractivity contribution < 1.29 is 13.9 Å². The molecule has 3 aromatic heterocycles. The minimum atomic E-state index is -0.255. The van der Waals surface area contributed by atoms with Gasteiger partial charge in [0.15, 0.2) is 22.2 Å². The van der Waals surface area contributed by atoms with Gasteiger partial charge in [-0.15, -0.1) is 0 Å². The van der Waals surface area contributed by atoms with Crippen LogP contribution in [0.5, 0.6) is 5.75 Å². The van der Waals surface area contributed by atoms with Crippen LogP contribution in [0.25, 0.3) is 21.2 Å². The second kappa shape index (κ2) is 9.03. The highest BCUT2D eigenvalue weighted by Gasteiger charge is 2.26. The smallest absolute Gasteiger partial charge is 0.296 e. The summed E-state index contributed by atoms with van der Waals surface area (Å²) in [5, 5.41) is 1.45. The van der Waals surface area contributed by atoms with Crippen molar-refractivity contribution in [3.63, 3.8) is 0 Å². The highest BCUT2D eigenvalue weighted by molar-refractivity contribution is 7.22. The van der Waals surface area contributed by atoms with Crippen molar-refractivity contribution in [1.29, 1.82) is 0 Å². The molecular formula is C26H23N3O3S. The van der Waals surface area contributed by atoms with Crippen molar-refractivity contribution in [2.24, 2.45) is 0 Å². The van der Waals surface area contributed by atoms with Crippen molar-refractivity contribution in [3.8, 4) is 5.75 Å². The number of fused-ring (bicyclic) bond motifs is 2. The molecule has 0 aliphatic rings. The van der Waals surface area contributed by atoms with E-state index < -0.39 is 0 Å². The number of rotatable bonds is 7. The Kier molecular flexibility index (Phi) is 5.79. The lowest BCUT2D eigenvalue weighted by atomic mass is 10.1. The summed E-state index contributed by atoms with van der Waals surface area (Å²) < 4.78 is 12.8. The third-order valence-electron chi connectivity index (χ3n) is 5.43. The standard InChI is InChI=1S/C26H23N3O3S/c1-3-18-9-6-12-22-23(18)28-26(33-22)29(16-17-8-7-13-27-15-17)25(30)21-14-19-10-5-11-20(31-4-2)24(19)32-21/h5-15H,3-4,16H2,1-2H3. The van der Waals surface area contributed by atoms with Crippen molar-refractivity contribution in [3.05, 3.63) is 83.9 Å². The first-order valence-electron chi connectivity index (χ1n) is 10.9. The molecule has 0 saturated carbocycles. The molecule has 0 bridgehead atoms. The summed E-state index contributed by atoms with van der Waals surface area (Å²) in [5.41, 5.74) is 3.58. The number of carbonyl (C=O) groups excluding carboxylic acids is 1. The molecule has 5 aromatic rings. The van der Waals surface area contributed by atoms with Crippen LogP contribution in [0, 0.1) is 0 Å². The van der Waals surface area contributed by atoms with Crippen LogP contribution < -0.4 is 9.64 Å². The predicted molar refractivity (Wildman–Crippen MR) is 131 cm³/mol. The lowest BCUT2D eigenvalue weighted by molar-refractivity contribution is 0.0960. The van der Waals surface area contributed by atoms with E-state index in [1.807, 2.05) is 49.4 Å². The minimum absolute atomic E-state index is 0.246. The van der Waals surface area contributed by atoms with Crippen LogP contribution in [0.4, 0.5) is 5.13 Å². The maximum atomic E-state index is 13.8. The summed E-state index contributed by atoms with van der Waals surface area (Å²) >= 11 is 1.50. The number of para-hydroxylation sites is 2. The minimum Gasteiger partial charge on any atom is -0.490 e. The first-order chi connectivity index (χ1) is 16.2. The summed E-state index contributed by atoms with van der Waals surface area (Å²) in [7, 11) is 0. The molecule has 5 rings (SSSR count). The summed E-state index contributed by atoms with van der Waals surface area (Å²) in [6.07, 6.45) is 4.35. The van der Waals surface area contributed by atoms with Gasteiger partial charge in [-0.3, -0.25) is 14.7 Å². The van der Waals surface area contributed by atoms with Crippen molar-refractivity contribution in [2.75, 3.05) is 11.5 Å². The molecule has 2 aromatic carbocycles. The zero-order chi connectivity index (χ0) is 22.8. The zero-order valence-corrected chi connectivity index (χ0v) is 19.3. The fourth-order valence-electron chi connectivity index (χ4n) is 3.84. The van der Waals surface area contributed by atoms with Gasteiger partial charge in [-0.05, 0) is 48.7 Å². The third kappa shape index (κ3) is 4.07. The molecule has 0 atom stereocenters. The summed E-state index contributed by atoms with van der Waals surface area (Å²) in [5.74, 6) is 0.617. The normalized spacial score (nSPS) is 11.2. The molecule has 0 spiro atoms. The fourth-order valence-corrected chi connectivity index (χ4v) is 4.85. The van der Waals surface area contributed by atoms with Gasteiger partial charge in [-0.1, -0.05) is 48.6 Å². The number of aryl methyl sites for hydroxylation is 1. The highest BCUT2D eigenvalue weighted by Crippen LogP contribution is 2.34. The van der Waals surface area contributed by atoms with Crippen molar-refractivity contribution >= 4 is 43.6 Å². The van der Waals surface area contributed by atoms with Crippen molar-refractivity contribution in [2.45, 2.75) is 26.8 Å². The topological polar surface area (TPSA) is 68.5 Å². The molecule has 6 nitrogen and oxygen atoms in total. The molecule has 7 heteroatoms. The molecule has 0 radical (unpaired) electrons. The van der Waals surface area contributed by atoms with E-state index in [0.29, 0.717) is 29.6 Å². The molecule has 0 unspecified atom stereocenters. The van der Waals surface area contributed by atoms with E-state index in [1.165, 1.54) is 11.3 Å². The molecule has 0 fully saturated rings. The Morgan fingerprint density at radius 3 is 2.79 bits per heavy atom. The van der Waals surface area contributed by atoms with Gasteiger partial charge in [-0.2, -0.15) is 0 Å². The molecule has 0 aliphatic carbocycles. The maximum absolute atomic E-state index is 13.8. The van der Waals surface area contributed by atoms with Crippen LogP contribution in [0.1, 0.15) is 35.5 Å². The Hall–Kier alpha value is -3.71. The number of amides is 1. The van der Waals surface area contributed by atoms with Crippen molar-refractivity contribution in [1.82, 2.24) is 9.97 Å². The van der Waals surface area contributed by atoms with Crippen LogP contribution in [-0.4, -0.2) is 22.5 Å². The van der Waals surface area contributed by atoms with Crippen LogP contribution in [0.2, 0.25) is 0 Å². The number of aromatic nitrogens is 2. The number of hydrogen-bond donors (Lipinski definition) is 0. The van der Waals surface area contributed by atoms with Gasteiger partial charge >= 0.3 is 0 Å². The Bertz CT molecular complexity index is 1430. The number of hydrogen-bond acceptors (Lipinski definition) is 6. The number of benzene rings is 2. The number of ether oxygens (including phenoxy) is 1. The maximum Gasteiger partial charge on any atom is 0.296 e. The van der Waals surface area contributed by atoms with Gasteiger partial charge in [0.05, 0.1) is 23.4 Å². The van der Waals surface area contributed by atoms with Crippen LogP contribution in [-0.2, 0) is 13.0 Å². The SMILES string of the molecule is CCOc1cccc2cc(C(=O)N(Cc3cccnc3)c3nc4c(CC)cccc4s3)oc12. The molecular weight excluding hydrogens is 434 g/mol. The number of carbonyl (C=O) groups is 1. The van der Waals surface area contributed by atoms with Crippen LogP contribution >= 0.6 is 11.3 Å². The van der Waals surface area contributed by atoms with Crippen LogP contribution in [0.15, 0.2) is 71.4 Å². The fraction of sp³-hybridized carbons (Fsp3) is 0.192. The number of pyridine rings is 1. The Balaban J connectivity index is 1.59. The lowest BCUT2D eigenvalue weighted by Crippen LogP contribution is -2.30. The Labute approximate surface area is 195 Å². The second-order valence-electron chi connectivity index (χ2n) is 7.58. The number of anilines is 1. The first-order valence-corrected chi connectivity index (χ1v) is 11.7. The zero-order valence-electron chi connectivity index (χ0n) is 18.4. The molecule has 33 heavy (non-hydrogen) atoms. The molecule has 1 amide bonds. The first kappa shape index (κ1) is 21.2. The number of nitrogens with zero attached hydrogens (tertiary/aromatic N) is 3. The molecule has 0 saturated heterocycles. The molecule has 166 valence electrons. The molecule has 0 aliphatic heterocycles. The summed E-state index contributed by atoms with van der Waals surface area (Å²) in [6.45, 7) is 4.88. The molecule has 3 heterocycles. The number of furan rings is 1.